The van der Waals surface area contributed by atoms with Crippen LogP contribution in [0.3, 0.4) is 0 Å². The summed E-state index contributed by atoms with van der Waals surface area (Å²) in [5.41, 5.74) is 7.03. The number of halogens is 1. The van der Waals surface area contributed by atoms with Gasteiger partial charge in [0.15, 0.2) is 17.1 Å². The van der Waals surface area contributed by atoms with Gasteiger partial charge in [-0.2, -0.15) is 4.98 Å². The Hall–Kier alpha value is -2.56. The van der Waals surface area contributed by atoms with Gasteiger partial charge in [-0.1, -0.05) is 18.2 Å². The third-order valence-electron chi connectivity index (χ3n) is 2.46. The number of hydrogen-bond donors (Lipinski definition) is 1. The number of nitrogen functional groups attached to an aromatic ring is 1. The van der Waals surface area contributed by atoms with E-state index in [1.165, 1.54) is 12.1 Å². The van der Waals surface area contributed by atoms with Gasteiger partial charge < -0.3 is 14.9 Å². The van der Waals surface area contributed by atoms with Gasteiger partial charge in [0.25, 0.3) is 0 Å². The number of anilines is 1. The van der Waals surface area contributed by atoms with Gasteiger partial charge in [0.1, 0.15) is 5.52 Å². The second-order valence-corrected chi connectivity index (χ2v) is 3.71. The molecular weight excluding hydrogens is 235 g/mol. The van der Waals surface area contributed by atoms with Crippen molar-refractivity contribution in [3.63, 3.8) is 0 Å². The molecule has 1 heterocycles. The van der Waals surface area contributed by atoms with Crippen molar-refractivity contribution in [2.75, 3.05) is 5.73 Å². The van der Waals surface area contributed by atoms with E-state index >= 15 is 0 Å². The summed E-state index contributed by atoms with van der Waals surface area (Å²) >= 11 is 0. The summed E-state index contributed by atoms with van der Waals surface area (Å²) in [5.74, 6) is -0.638. The molecule has 5 heteroatoms. The van der Waals surface area contributed by atoms with E-state index < -0.39 is 5.82 Å². The van der Waals surface area contributed by atoms with Crippen LogP contribution in [0.25, 0.3) is 11.1 Å². The van der Waals surface area contributed by atoms with E-state index in [0.29, 0.717) is 11.1 Å². The number of nitrogens with zero attached hydrogens (tertiary/aromatic N) is 1. The van der Waals surface area contributed by atoms with E-state index in [2.05, 4.69) is 4.98 Å². The Kier molecular flexibility index (Phi) is 2.37. The number of benzene rings is 2. The molecule has 0 aliphatic heterocycles. The molecule has 0 bridgehead atoms. The lowest BCUT2D eigenvalue weighted by Gasteiger charge is -2.04. The number of rotatable bonds is 2. The maximum absolute atomic E-state index is 13.5. The fourth-order valence-electron chi connectivity index (χ4n) is 1.62. The Labute approximate surface area is 102 Å². The number of para-hydroxylation sites is 3. The fraction of sp³-hybridized carbons (Fsp3) is 0. The maximum atomic E-state index is 13.5. The van der Waals surface area contributed by atoms with Gasteiger partial charge >= 0.3 is 6.08 Å². The van der Waals surface area contributed by atoms with Crippen LogP contribution in [0.2, 0.25) is 0 Å². The van der Waals surface area contributed by atoms with Crippen molar-refractivity contribution in [2.45, 2.75) is 0 Å². The molecule has 0 atom stereocenters. The highest BCUT2D eigenvalue weighted by Crippen LogP contribution is 2.31. The quantitative estimate of drug-likeness (QED) is 0.702. The first kappa shape index (κ1) is 10.6. The molecule has 3 aromatic rings. The number of hydrogen-bond acceptors (Lipinski definition) is 4. The summed E-state index contributed by atoms with van der Waals surface area (Å²) in [7, 11) is 0. The molecule has 18 heavy (non-hydrogen) atoms. The molecular formula is C13H9FN2O2. The van der Waals surface area contributed by atoms with Crippen molar-refractivity contribution in [2.24, 2.45) is 0 Å². The lowest BCUT2D eigenvalue weighted by molar-refractivity contribution is 0.330. The molecule has 2 N–H and O–H groups in total. The first-order valence-electron chi connectivity index (χ1n) is 5.31. The highest BCUT2D eigenvalue weighted by Gasteiger charge is 2.13. The minimum atomic E-state index is -0.558. The van der Waals surface area contributed by atoms with Crippen LogP contribution in [0.5, 0.6) is 11.8 Å². The molecule has 0 aliphatic carbocycles. The van der Waals surface area contributed by atoms with Gasteiger partial charge in [-0.25, -0.2) is 4.39 Å². The van der Waals surface area contributed by atoms with Crippen molar-refractivity contribution in [1.29, 1.82) is 0 Å². The number of nitrogens with two attached hydrogens (primary N) is 1. The zero-order valence-electron chi connectivity index (χ0n) is 9.26. The Balaban J connectivity index is 2.01. The van der Waals surface area contributed by atoms with Crippen LogP contribution in [-0.4, -0.2) is 4.98 Å². The smallest absolute Gasteiger partial charge is 0.400 e. The van der Waals surface area contributed by atoms with Gasteiger partial charge in [-0.05, 0) is 24.3 Å². The third-order valence-corrected chi connectivity index (χ3v) is 2.46. The average Bonchev–Trinajstić information content (AvgIpc) is 2.76. The number of ether oxygens (including phenoxy) is 1. The zero-order valence-corrected chi connectivity index (χ0v) is 9.26. The molecule has 0 amide bonds. The third kappa shape index (κ3) is 1.75. The van der Waals surface area contributed by atoms with Crippen LogP contribution in [0.1, 0.15) is 0 Å². The Morgan fingerprint density at radius 2 is 1.94 bits per heavy atom. The summed E-state index contributed by atoms with van der Waals surface area (Å²) < 4.78 is 24.1. The fourth-order valence-corrected chi connectivity index (χ4v) is 1.62. The van der Waals surface area contributed by atoms with Crippen LogP contribution < -0.4 is 10.5 Å². The van der Waals surface area contributed by atoms with Gasteiger partial charge in [-0.15, -0.1) is 0 Å². The lowest BCUT2D eigenvalue weighted by atomic mass is 10.3. The summed E-state index contributed by atoms with van der Waals surface area (Å²) in [5, 5.41) is 0. The predicted molar refractivity (Wildman–Crippen MR) is 64.9 cm³/mol. The largest absolute Gasteiger partial charge is 0.409 e. The number of fused-ring (bicyclic) bond motifs is 1. The normalized spacial score (nSPS) is 10.7. The topological polar surface area (TPSA) is 61.3 Å². The van der Waals surface area contributed by atoms with Crippen molar-refractivity contribution in [3.8, 4) is 11.8 Å². The van der Waals surface area contributed by atoms with Crippen LogP contribution in [-0.2, 0) is 0 Å². The summed E-state index contributed by atoms with van der Waals surface area (Å²) in [6.45, 7) is 0. The first-order valence-corrected chi connectivity index (χ1v) is 5.31. The van der Waals surface area contributed by atoms with Crippen molar-refractivity contribution in [3.05, 3.63) is 48.3 Å². The van der Waals surface area contributed by atoms with Gasteiger partial charge in [0.2, 0.25) is 0 Å². The monoisotopic (exact) mass is 244 g/mol. The minimum Gasteiger partial charge on any atom is -0.409 e. The Bertz CT molecular complexity index is 656. The van der Waals surface area contributed by atoms with Crippen LogP contribution in [0.15, 0.2) is 46.9 Å². The molecule has 0 saturated heterocycles. The van der Waals surface area contributed by atoms with Gasteiger partial charge in [-0.3, -0.25) is 0 Å². The molecule has 4 nitrogen and oxygen atoms in total. The number of oxazole rings is 1. The molecule has 90 valence electrons. The van der Waals surface area contributed by atoms with E-state index in [9.17, 15) is 4.39 Å². The van der Waals surface area contributed by atoms with Crippen molar-refractivity contribution in [1.82, 2.24) is 4.98 Å². The standard InChI is InChI=1S/C13H9FN2O2/c14-8-4-3-5-9(15)12(8)18-13-16-10-6-1-2-7-11(10)17-13/h1-7H,15H2. The lowest BCUT2D eigenvalue weighted by Crippen LogP contribution is -1.94. The van der Waals surface area contributed by atoms with E-state index in [0.717, 1.165) is 0 Å². The molecule has 3 rings (SSSR count). The highest BCUT2D eigenvalue weighted by atomic mass is 19.1. The average molecular weight is 244 g/mol. The van der Waals surface area contributed by atoms with Gasteiger partial charge in [0, 0.05) is 0 Å². The van der Waals surface area contributed by atoms with E-state index in [1.54, 1.807) is 18.2 Å². The van der Waals surface area contributed by atoms with E-state index in [1.807, 2.05) is 12.1 Å². The minimum absolute atomic E-state index is 0.0343. The highest BCUT2D eigenvalue weighted by molar-refractivity contribution is 5.72. The van der Waals surface area contributed by atoms with E-state index in [-0.39, 0.29) is 17.5 Å². The first-order chi connectivity index (χ1) is 8.74. The summed E-state index contributed by atoms with van der Waals surface area (Å²) in [6.07, 6.45) is -0.0343. The predicted octanol–water partition coefficient (Wildman–Crippen LogP) is 3.34. The van der Waals surface area contributed by atoms with Crippen molar-refractivity contribution < 1.29 is 13.5 Å². The Morgan fingerprint density at radius 1 is 1.11 bits per heavy atom. The number of aromatic nitrogens is 1. The van der Waals surface area contributed by atoms with Crippen molar-refractivity contribution >= 4 is 16.8 Å². The van der Waals surface area contributed by atoms with Crippen LogP contribution in [0, 0.1) is 5.82 Å². The summed E-state index contributed by atoms with van der Waals surface area (Å²) in [4.78, 5) is 4.08. The second kappa shape index (κ2) is 4.03. The molecule has 0 fully saturated rings. The second-order valence-electron chi connectivity index (χ2n) is 3.71. The molecule has 1 aromatic heterocycles. The Morgan fingerprint density at radius 3 is 2.72 bits per heavy atom. The zero-order chi connectivity index (χ0) is 12.5. The summed E-state index contributed by atoms with van der Waals surface area (Å²) in [6, 6.07) is 11.5. The van der Waals surface area contributed by atoms with E-state index in [4.69, 9.17) is 14.9 Å². The maximum Gasteiger partial charge on any atom is 0.400 e. The van der Waals surface area contributed by atoms with Crippen LogP contribution >= 0.6 is 0 Å². The molecule has 0 saturated carbocycles. The molecule has 0 aliphatic rings. The van der Waals surface area contributed by atoms with Crippen LogP contribution in [0.4, 0.5) is 10.1 Å². The SMILES string of the molecule is Nc1cccc(F)c1Oc1nc2ccccc2o1. The molecule has 0 radical (unpaired) electrons. The molecule has 0 unspecified atom stereocenters. The molecule has 2 aromatic carbocycles. The molecule has 0 spiro atoms. The van der Waals surface area contributed by atoms with Gasteiger partial charge in [0.05, 0.1) is 5.69 Å².